The maximum atomic E-state index is 12.3. The molecule has 0 amide bonds. The minimum absolute atomic E-state index is 0.361. The van der Waals surface area contributed by atoms with Gasteiger partial charge in [-0.3, -0.25) is 0 Å². The molecule has 0 radical (unpaired) electrons. The summed E-state index contributed by atoms with van der Waals surface area (Å²) in [5, 5.41) is 1.94. The fourth-order valence-corrected chi connectivity index (χ4v) is 3.97. The van der Waals surface area contributed by atoms with Crippen LogP contribution in [0.3, 0.4) is 0 Å². The highest BCUT2D eigenvalue weighted by Crippen LogP contribution is 2.40. The average molecular weight is 366 g/mol. The third-order valence-corrected chi connectivity index (χ3v) is 5.24. The lowest BCUT2D eigenvalue weighted by atomic mass is 9.96. The maximum absolute atomic E-state index is 12.3. The zero-order chi connectivity index (χ0) is 19.3. The van der Waals surface area contributed by atoms with Crippen molar-refractivity contribution in [2.75, 3.05) is 0 Å². The van der Waals surface area contributed by atoms with Gasteiger partial charge in [-0.1, -0.05) is 60.7 Å². The number of hydrogen-bond acceptors (Lipinski definition) is 3. The standard InChI is InChI=1S/C25H18O3/c1-15-24-20(19(14-22(26)28-24)17-9-5-3-6-10-17)13-21-23(16(2)27-25(15)21)18-11-7-4-8-12-18/h3-14H,1-2H3. The Bertz CT molecular complexity index is 1370. The van der Waals surface area contributed by atoms with Crippen LogP contribution in [-0.4, -0.2) is 0 Å². The zero-order valence-corrected chi connectivity index (χ0v) is 15.7. The van der Waals surface area contributed by atoms with Crippen LogP contribution < -0.4 is 5.63 Å². The Balaban J connectivity index is 1.94. The fourth-order valence-electron chi connectivity index (χ4n) is 3.97. The van der Waals surface area contributed by atoms with Gasteiger partial charge in [0.1, 0.15) is 16.9 Å². The summed E-state index contributed by atoms with van der Waals surface area (Å²) < 4.78 is 11.7. The molecule has 2 heterocycles. The lowest BCUT2D eigenvalue weighted by molar-refractivity contribution is 0.553. The summed E-state index contributed by atoms with van der Waals surface area (Å²) >= 11 is 0. The molecule has 0 fully saturated rings. The average Bonchev–Trinajstić information content (AvgIpc) is 3.06. The lowest BCUT2D eigenvalue weighted by Gasteiger charge is -2.09. The van der Waals surface area contributed by atoms with Gasteiger partial charge >= 0.3 is 5.63 Å². The lowest BCUT2D eigenvalue weighted by Crippen LogP contribution is -1.99. The van der Waals surface area contributed by atoms with E-state index in [1.54, 1.807) is 6.07 Å². The first kappa shape index (κ1) is 16.6. The van der Waals surface area contributed by atoms with Crippen molar-refractivity contribution in [1.29, 1.82) is 0 Å². The molecule has 3 aromatic carbocycles. The van der Waals surface area contributed by atoms with Crippen molar-refractivity contribution in [2.24, 2.45) is 0 Å². The zero-order valence-electron chi connectivity index (χ0n) is 15.7. The summed E-state index contributed by atoms with van der Waals surface area (Å²) in [5.41, 5.74) is 5.86. The number of furan rings is 1. The number of hydrogen-bond donors (Lipinski definition) is 0. The van der Waals surface area contributed by atoms with Gasteiger partial charge in [0.2, 0.25) is 0 Å². The molecule has 3 nitrogen and oxygen atoms in total. The molecular weight excluding hydrogens is 348 g/mol. The van der Waals surface area contributed by atoms with E-state index in [1.807, 2.05) is 62.4 Å². The summed E-state index contributed by atoms with van der Waals surface area (Å²) in [6.07, 6.45) is 0. The fraction of sp³-hybridized carbons (Fsp3) is 0.0800. The molecule has 0 bridgehead atoms. The van der Waals surface area contributed by atoms with Gasteiger partial charge in [0.15, 0.2) is 0 Å². The normalized spacial score (nSPS) is 11.4. The van der Waals surface area contributed by atoms with Crippen LogP contribution in [0.5, 0.6) is 0 Å². The van der Waals surface area contributed by atoms with E-state index in [4.69, 9.17) is 8.83 Å². The monoisotopic (exact) mass is 366 g/mol. The predicted octanol–water partition coefficient (Wildman–Crippen LogP) is 6.49. The highest BCUT2D eigenvalue weighted by Gasteiger charge is 2.19. The Labute approximate surface area is 161 Å². The molecule has 28 heavy (non-hydrogen) atoms. The van der Waals surface area contributed by atoms with Gasteiger partial charge in [0.25, 0.3) is 0 Å². The third kappa shape index (κ3) is 2.48. The largest absolute Gasteiger partial charge is 0.460 e. The third-order valence-electron chi connectivity index (χ3n) is 5.24. The quantitative estimate of drug-likeness (QED) is 0.335. The SMILES string of the molecule is Cc1oc2c(C)c3oc(=O)cc(-c4ccccc4)c3cc2c1-c1ccccc1. The Morgan fingerprint density at radius 2 is 1.29 bits per heavy atom. The number of fused-ring (bicyclic) bond motifs is 2. The molecule has 0 aliphatic rings. The first-order valence-corrected chi connectivity index (χ1v) is 9.25. The summed E-state index contributed by atoms with van der Waals surface area (Å²) in [4.78, 5) is 12.3. The van der Waals surface area contributed by atoms with E-state index in [0.717, 1.165) is 49.9 Å². The van der Waals surface area contributed by atoms with E-state index < -0.39 is 0 Å². The molecule has 0 aliphatic carbocycles. The van der Waals surface area contributed by atoms with Gasteiger partial charge in [0, 0.05) is 28.0 Å². The van der Waals surface area contributed by atoms with E-state index in [-0.39, 0.29) is 5.63 Å². The second-order valence-electron chi connectivity index (χ2n) is 7.00. The van der Waals surface area contributed by atoms with E-state index in [9.17, 15) is 4.79 Å². The van der Waals surface area contributed by atoms with Crippen LogP contribution in [0.1, 0.15) is 11.3 Å². The van der Waals surface area contributed by atoms with Crippen molar-refractivity contribution in [3.05, 3.63) is 94.5 Å². The van der Waals surface area contributed by atoms with E-state index >= 15 is 0 Å². The van der Waals surface area contributed by atoms with Crippen LogP contribution in [0, 0.1) is 13.8 Å². The number of aryl methyl sites for hydroxylation is 2. The highest BCUT2D eigenvalue weighted by atomic mass is 16.4. The molecule has 0 spiro atoms. The Hall–Kier alpha value is -3.59. The van der Waals surface area contributed by atoms with Gasteiger partial charge in [0.05, 0.1) is 0 Å². The summed E-state index contributed by atoms with van der Waals surface area (Å²) in [7, 11) is 0. The molecule has 5 rings (SSSR count). The second kappa shape index (κ2) is 6.24. The van der Waals surface area contributed by atoms with E-state index in [1.165, 1.54) is 0 Å². The van der Waals surface area contributed by atoms with Gasteiger partial charge < -0.3 is 8.83 Å². The van der Waals surface area contributed by atoms with Gasteiger partial charge in [-0.25, -0.2) is 4.79 Å². The minimum atomic E-state index is -0.361. The molecule has 5 aromatic rings. The van der Waals surface area contributed by atoms with Crippen LogP contribution in [-0.2, 0) is 0 Å². The smallest absolute Gasteiger partial charge is 0.336 e. The van der Waals surface area contributed by atoms with Crippen molar-refractivity contribution in [1.82, 2.24) is 0 Å². The first-order chi connectivity index (χ1) is 13.6. The molecule has 3 heteroatoms. The summed E-state index contributed by atoms with van der Waals surface area (Å²) in [6.45, 7) is 3.92. The topological polar surface area (TPSA) is 43.4 Å². The first-order valence-electron chi connectivity index (χ1n) is 9.25. The molecule has 0 unspecified atom stereocenters. The maximum Gasteiger partial charge on any atom is 0.336 e. The van der Waals surface area contributed by atoms with Crippen LogP contribution >= 0.6 is 0 Å². The molecule has 2 aromatic heterocycles. The van der Waals surface area contributed by atoms with Crippen molar-refractivity contribution in [3.63, 3.8) is 0 Å². The predicted molar refractivity (Wildman–Crippen MR) is 113 cm³/mol. The van der Waals surface area contributed by atoms with Crippen molar-refractivity contribution < 1.29 is 8.83 Å². The second-order valence-corrected chi connectivity index (χ2v) is 7.00. The highest BCUT2D eigenvalue weighted by molar-refractivity contribution is 6.08. The van der Waals surface area contributed by atoms with Crippen LogP contribution in [0.4, 0.5) is 0 Å². The molecule has 0 N–H and O–H groups in total. The van der Waals surface area contributed by atoms with E-state index in [0.29, 0.717) is 5.58 Å². The Morgan fingerprint density at radius 1 is 0.679 bits per heavy atom. The van der Waals surface area contributed by atoms with Gasteiger partial charge in [-0.15, -0.1) is 0 Å². The molecule has 0 atom stereocenters. The summed E-state index contributed by atoms with van der Waals surface area (Å²) in [5.74, 6) is 0.850. The molecule has 136 valence electrons. The van der Waals surface area contributed by atoms with Crippen LogP contribution in [0.15, 0.2) is 86.4 Å². The molecular formula is C25H18O3. The van der Waals surface area contributed by atoms with Crippen molar-refractivity contribution >= 4 is 21.9 Å². The van der Waals surface area contributed by atoms with Crippen LogP contribution in [0.2, 0.25) is 0 Å². The van der Waals surface area contributed by atoms with Crippen molar-refractivity contribution in [2.45, 2.75) is 13.8 Å². The Kier molecular flexibility index (Phi) is 3.69. The number of benzene rings is 3. The van der Waals surface area contributed by atoms with Gasteiger partial charge in [-0.05, 0) is 36.6 Å². The van der Waals surface area contributed by atoms with Crippen molar-refractivity contribution in [3.8, 4) is 22.3 Å². The summed E-state index contributed by atoms with van der Waals surface area (Å²) in [6, 6.07) is 23.8. The number of rotatable bonds is 2. The molecule has 0 saturated heterocycles. The molecule has 0 aliphatic heterocycles. The van der Waals surface area contributed by atoms with Crippen LogP contribution in [0.25, 0.3) is 44.2 Å². The Morgan fingerprint density at radius 3 is 1.96 bits per heavy atom. The minimum Gasteiger partial charge on any atom is -0.460 e. The molecule has 0 saturated carbocycles. The van der Waals surface area contributed by atoms with Gasteiger partial charge in [-0.2, -0.15) is 0 Å². The van der Waals surface area contributed by atoms with E-state index in [2.05, 4.69) is 18.2 Å².